The van der Waals surface area contributed by atoms with E-state index in [1.165, 1.54) is 6.42 Å². The molecule has 0 radical (unpaired) electrons. The molecule has 0 amide bonds. The molecule has 1 aliphatic rings. The first-order chi connectivity index (χ1) is 5.93. The molecule has 0 aromatic heterocycles. The average Bonchev–Trinajstić information content (AvgIpc) is 2.81. The molecule has 0 spiro atoms. The summed E-state index contributed by atoms with van der Waals surface area (Å²) in [6, 6.07) is 10.0. The summed E-state index contributed by atoms with van der Waals surface area (Å²) in [7, 11) is 0. The van der Waals surface area contributed by atoms with E-state index in [1.807, 2.05) is 30.3 Å². The van der Waals surface area contributed by atoms with E-state index in [9.17, 15) is 0 Å². The standard InChI is InChI=1S/C7H10.C5H5.Fe/c1-2-7-5-3-4-6-7;1-2-4-5-3-1;/h3-7H,2H2,1H3;1-5H;/q;-1;+2. The van der Waals surface area contributed by atoms with Crippen molar-refractivity contribution in [3.8, 4) is 0 Å². The summed E-state index contributed by atoms with van der Waals surface area (Å²) in [5, 5.41) is 0. The van der Waals surface area contributed by atoms with Gasteiger partial charge in [-0.05, 0) is 12.3 Å². The smallest absolute Gasteiger partial charge is 0.214 e. The Hall–Kier alpha value is -0.651. The number of hydrogen-bond donors (Lipinski definition) is 0. The van der Waals surface area contributed by atoms with Crippen molar-refractivity contribution in [2.24, 2.45) is 5.92 Å². The third-order valence-corrected chi connectivity index (χ3v) is 1.85. The third kappa shape index (κ3) is 5.57. The van der Waals surface area contributed by atoms with Gasteiger partial charge in [0.25, 0.3) is 0 Å². The molecule has 0 nitrogen and oxygen atoms in total. The zero-order valence-corrected chi connectivity index (χ0v) is 8.94. The van der Waals surface area contributed by atoms with Crippen molar-refractivity contribution in [2.45, 2.75) is 13.3 Å². The summed E-state index contributed by atoms with van der Waals surface area (Å²) in [5.74, 6) is 0.736. The van der Waals surface area contributed by atoms with Crippen molar-refractivity contribution >= 4 is 0 Å². The van der Waals surface area contributed by atoms with Crippen molar-refractivity contribution in [1.29, 1.82) is 0 Å². The Morgan fingerprint density at radius 3 is 1.85 bits per heavy atom. The van der Waals surface area contributed by atoms with Crippen LogP contribution in [0, 0.1) is 5.92 Å². The molecule has 2 rings (SSSR count). The summed E-state index contributed by atoms with van der Waals surface area (Å²) >= 11 is 0. The second-order valence-electron chi connectivity index (χ2n) is 2.80. The van der Waals surface area contributed by atoms with Crippen LogP contribution in [0.15, 0.2) is 54.6 Å². The number of allylic oxidation sites excluding steroid dienone is 4. The summed E-state index contributed by atoms with van der Waals surface area (Å²) < 4.78 is 0. The molecule has 1 heteroatoms. The molecule has 1 aliphatic carbocycles. The Kier molecular flexibility index (Phi) is 7.57. The van der Waals surface area contributed by atoms with Gasteiger partial charge in [-0.15, -0.1) is 0 Å². The maximum atomic E-state index is 2.22. The van der Waals surface area contributed by atoms with E-state index in [0.717, 1.165) is 5.92 Å². The van der Waals surface area contributed by atoms with Gasteiger partial charge in [0.1, 0.15) is 0 Å². The molecular formula is C12H15Fe+. The molecular weight excluding hydrogens is 200 g/mol. The fourth-order valence-corrected chi connectivity index (χ4v) is 1.07. The Balaban J connectivity index is 0.000000215. The van der Waals surface area contributed by atoms with Gasteiger partial charge >= 0.3 is 17.1 Å². The molecule has 0 N–H and O–H groups in total. The molecule has 0 heterocycles. The molecule has 1 aromatic carbocycles. The van der Waals surface area contributed by atoms with Gasteiger partial charge in [0.05, 0.1) is 0 Å². The normalized spacial score (nSPS) is 13.3. The van der Waals surface area contributed by atoms with Crippen molar-refractivity contribution in [1.82, 2.24) is 0 Å². The Morgan fingerprint density at radius 2 is 1.62 bits per heavy atom. The molecule has 0 fully saturated rings. The van der Waals surface area contributed by atoms with Crippen LogP contribution in [0.4, 0.5) is 0 Å². The number of hydrogen-bond acceptors (Lipinski definition) is 0. The Labute approximate surface area is 91.2 Å². The largest absolute Gasteiger partial charge is 2.00 e. The van der Waals surface area contributed by atoms with Crippen molar-refractivity contribution in [3.63, 3.8) is 0 Å². The van der Waals surface area contributed by atoms with Crippen LogP contribution in [0.1, 0.15) is 13.3 Å². The van der Waals surface area contributed by atoms with Crippen molar-refractivity contribution < 1.29 is 17.1 Å². The topological polar surface area (TPSA) is 0 Å². The summed E-state index contributed by atoms with van der Waals surface area (Å²) in [5.41, 5.74) is 0. The zero-order chi connectivity index (χ0) is 8.65. The van der Waals surface area contributed by atoms with Gasteiger partial charge in [-0.3, -0.25) is 0 Å². The summed E-state index contributed by atoms with van der Waals surface area (Å²) in [6.07, 6.45) is 9.90. The van der Waals surface area contributed by atoms with Gasteiger partial charge in [0.2, 0.25) is 0 Å². The Bertz CT molecular complexity index is 202. The van der Waals surface area contributed by atoms with Gasteiger partial charge in [-0.2, -0.15) is 18.2 Å². The SMILES string of the molecule is CCC1C=CC=C1.[Fe+2].c1cc[cH-]c1. The first kappa shape index (κ1) is 12.3. The summed E-state index contributed by atoms with van der Waals surface area (Å²) in [4.78, 5) is 0. The van der Waals surface area contributed by atoms with E-state index < -0.39 is 0 Å². The minimum atomic E-state index is 0. The van der Waals surface area contributed by atoms with Crippen LogP contribution in [-0.2, 0) is 17.1 Å². The maximum Gasteiger partial charge on any atom is 2.00 e. The van der Waals surface area contributed by atoms with E-state index >= 15 is 0 Å². The van der Waals surface area contributed by atoms with E-state index in [-0.39, 0.29) is 17.1 Å². The molecule has 1 aromatic rings. The van der Waals surface area contributed by atoms with Gasteiger partial charge in [0.15, 0.2) is 0 Å². The summed E-state index contributed by atoms with van der Waals surface area (Å²) in [6.45, 7) is 2.20. The molecule has 0 aliphatic heterocycles. The van der Waals surface area contributed by atoms with Crippen LogP contribution in [-0.4, -0.2) is 0 Å². The minimum absolute atomic E-state index is 0. The predicted octanol–water partition coefficient (Wildman–Crippen LogP) is 3.54. The second-order valence-corrected chi connectivity index (χ2v) is 2.80. The molecule has 0 saturated heterocycles. The number of rotatable bonds is 1. The van der Waals surface area contributed by atoms with E-state index in [2.05, 4.69) is 31.2 Å². The minimum Gasteiger partial charge on any atom is -0.214 e. The van der Waals surface area contributed by atoms with Gasteiger partial charge < -0.3 is 0 Å². The second kappa shape index (κ2) is 7.97. The van der Waals surface area contributed by atoms with E-state index in [1.54, 1.807) is 0 Å². The van der Waals surface area contributed by atoms with Crippen LogP contribution in [0.25, 0.3) is 0 Å². The van der Waals surface area contributed by atoms with Crippen LogP contribution < -0.4 is 0 Å². The zero-order valence-electron chi connectivity index (χ0n) is 7.83. The van der Waals surface area contributed by atoms with Crippen molar-refractivity contribution in [2.75, 3.05) is 0 Å². The molecule has 0 bridgehead atoms. The van der Waals surface area contributed by atoms with Crippen molar-refractivity contribution in [3.05, 3.63) is 54.6 Å². The monoisotopic (exact) mass is 215 g/mol. The van der Waals surface area contributed by atoms with Gasteiger partial charge in [-0.1, -0.05) is 31.2 Å². The van der Waals surface area contributed by atoms with E-state index in [4.69, 9.17) is 0 Å². The first-order valence-corrected chi connectivity index (χ1v) is 4.45. The predicted molar refractivity (Wildman–Crippen MR) is 54.1 cm³/mol. The molecule has 0 atom stereocenters. The van der Waals surface area contributed by atoms with Crippen LogP contribution >= 0.6 is 0 Å². The van der Waals surface area contributed by atoms with E-state index in [0.29, 0.717) is 0 Å². The quantitative estimate of drug-likeness (QED) is 0.496. The average molecular weight is 215 g/mol. The van der Waals surface area contributed by atoms with Crippen LogP contribution in [0.3, 0.4) is 0 Å². The third-order valence-electron chi connectivity index (χ3n) is 1.85. The fraction of sp³-hybridized carbons (Fsp3) is 0.250. The molecule has 70 valence electrons. The maximum absolute atomic E-state index is 2.22. The fourth-order valence-electron chi connectivity index (χ4n) is 1.07. The first-order valence-electron chi connectivity index (χ1n) is 4.45. The molecule has 13 heavy (non-hydrogen) atoms. The Morgan fingerprint density at radius 1 is 1.08 bits per heavy atom. The molecule has 0 saturated carbocycles. The molecule has 0 unspecified atom stereocenters. The van der Waals surface area contributed by atoms with Crippen LogP contribution in [0.5, 0.6) is 0 Å². The van der Waals surface area contributed by atoms with Gasteiger partial charge in [-0.25, -0.2) is 12.1 Å². The van der Waals surface area contributed by atoms with Crippen LogP contribution in [0.2, 0.25) is 0 Å². The van der Waals surface area contributed by atoms with Gasteiger partial charge in [0, 0.05) is 0 Å².